The molecule has 0 saturated carbocycles. The first-order valence-corrected chi connectivity index (χ1v) is 14.8. The summed E-state index contributed by atoms with van der Waals surface area (Å²) in [6, 6.07) is 10.1. The Morgan fingerprint density at radius 1 is 1.14 bits per heavy atom. The Balaban J connectivity index is 0.00000368. The van der Waals surface area contributed by atoms with Gasteiger partial charge >= 0.3 is 10.2 Å². The number of halogens is 3. The van der Waals surface area contributed by atoms with E-state index in [9.17, 15) is 27.3 Å². The van der Waals surface area contributed by atoms with Gasteiger partial charge in [0.2, 0.25) is 0 Å². The van der Waals surface area contributed by atoms with E-state index in [1.54, 1.807) is 12.1 Å². The fraction of sp³-hybridized carbons (Fsp3) is 0.333. The van der Waals surface area contributed by atoms with Crippen molar-refractivity contribution in [2.45, 2.75) is 31.5 Å². The summed E-state index contributed by atoms with van der Waals surface area (Å²) in [5, 5.41) is 17.9. The maximum absolute atomic E-state index is 14.9. The van der Waals surface area contributed by atoms with Gasteiger partial charge in [-0.15, -0.1) is 12.4 Å². The minimum absolute atomic E-state index is 0. The second-order valence-corrected chi connectivity index (χ2v) is 11.8. The number of rotatable bonds is 7. The molecular formula is C27H27ClF2N8O4S. The number of hydrogen-bond donors (Lipinski definition) is 2. The highest BCUT2D eigenvalue weighted by Gasteiger charge is 2.32. The molecule has 0 radical (unpaired) electrons. The number of aromatic nitrogens is 4. The number of fused-ring (bicyclic) bond motifs is 1. The molecule has 0 spiro atoms. The van der Waals surface area contributed by atoms with Gasteiger partial charge in [0.25, 0.3) is 5.56 Å². The van der Waals surface area contributed by atoms with Crippen LogP contribution in [0.4, 0.5) is 14.5 Å². The molecule has 12 nitrogen and oxygen atoms in total. The van der Waals surface area contributed by atoms with Crippen molar-refractivity contribution >= 4 is 39.2 Å². The maximum atomic E-state index is 14.9. The SMILES string of the molecule is Cl.N#Cc1c(NS(=O)(=O)N2CC[C@@H](F)C2)ccc(F)c1Oc1ccc2ncn(-c3ccn(C4CCNCC4)n3)c(=O)c2c1. The van der Waals surface area contributed by atoms with Crippen LogP contribution in [0.1, 0.15) is 30.9 Å². The molecule has 2 aliphatic heterocycles. The van der Waals surface area contributed by atoms with Crippen molar-refractivity contribution in [1.82, 2.24) is 29.0 Å². The normalized spacial score (nSPS) is 17.8. The summed E-state index contributed by atoms with van der Waals surface area (Å²) in [7, 11) is -4.20. The van der Waals surface area contributed by atoms with Crippen LogP contribution in [0, 0.1) is 17.1 Å². The summed E-state index contributed by atoms with van der Waals surface area (Å²) in [6.07, 6.45) is 3.83. The maximum Gasteiger partial charge on any atom is 0.301 e. The van der Waals surface area contributed by atoms with Crippen LogP contribution in [0.5, 0.6) is 11.5 Å². The predicted octanol–water partition coefficient (Wildman–Crippen LogP) is 3.43. The molecule has 2 N–H and O–H groups in total. The van der Waals surface area contributed by atoms with E-state index in [1.165, 1.54) is 29.1 Å². The molecule has 226 valence electrons. The van der Waals surface area contributed by atoms with Crippen LogP contribution in [0.15, 0.2) is 53.7 Å². The average Bonchev–Trinajstić information content (AvgIpc) is 3.66. The van der Waals surface area contributed by atoms with Crippen molar-refractivity contribution in [1.29, 1.82) is 5.26 Å². The summed E-state index contributed by atoms with van der Waals surface area (Å²) in [4.78, 5) is 17.8. The van der Waals surface area contributed by atoms with Gasteiger partial charge in [-0.1, -0.05) is 0 Å². The number of ether oxygens (including phenoxy) is 1. The van der Waals surface area contributed by atoms with E-state index in [0.717, 1.165) is 42.4 Å². The molecule has 6 rings (SSSR count). The Bertz CT molecular complexity index is 1870. The highest BCUT2D eigenvalue weighted by atomic mass is 35.5. The van der Waals surface area contributed by atoms with Crippen molar-refractivity contribution in [2.24, 2.45) is 0 Å². The average molecular weight is 633 g/mol. The zero-order chi connectivity index (χ0) is 29.4. The Hall–Kier alpha value is -4.10. The van der Waals surface area contributed by atoms with Crippen molar-refractivity contribution in [3.63, 3.8) is 0 Å². The number of piperidine rings is 1. The van der Waals surface area contributed by atoms with Crippen molar-refractivity contribution in [3.8, 4) is 23.4 Å². The molecule has 4 heterocycles. The van der Waals surface area contributed by atoms with E-state index in [4.69, 9.17) is 4.74 Å². The van der Waals surface area contributed by atoms with Crippen molar-refractivity contribution in [3.05, 3.63) is 70.7 Å². The number of benzene rings is 2. The van der Waals surface area contributed by atoms with Crippen LogP contribution in [0.25, 0.3) is 16.7 Å². The Morgan fingerprint density at radius 2 is 1.93 bits per heavy atom. The highest BCUT2D eigenvalue weighted by Crippen LogP contribution is 2.34. The topological polar surface area (TPSA) is 147 Å². The van der Waals surface area contributed by atoms with Crippen LogP contribution in [-0.2, 0) is 10.2 Å². The smallest absolute Gasteiger partial charge is 0.301 e. The van der Waals surface area contributed by atoms with Gasteiger partial charge < -0.3 is 10.1 Å². The van der Waals surface area contributed by atoms with Gasteiger partial charge in [-0.25, -0.2) is 18.3 Å². The third-order valence-corrected chi connectivity index (χ3v) is 8.86. The Kier molecular flexibility index (Phi) is 8.65. The number of hydrogen-bond acceptors (Lipinski definition) is 8. The molecule has 4 aromatic rings. The summed E-state index contributed by atoms with van der Waals surface area (Å²) in [6.45, 7) is 1.44. The van der Waals surface area contributed by atoms with E-state index in [0.29, 0.717) is 11.3 Å². The van der Waals surface area contributed by atoms with Gasteiger partial charge in [0.05, 0.1) is 22.6 Å². The first-order chi connectivity index (χ1) is 20.2. The summed E-state index contributed by atoms with van der Waals surface area (Å²) >= 11 is 0. The number of nitrogens with one attached hydrogen (secondary N) is 2. The minimum atomic E-state index is -4.20. The second-order valence-electron chi connectivity index (χ2n) is 10.1. The molecule has 16 heteroatoms. The van der Waals surface area contributed by atoms with Crippen LogP contribution in [0.3, 0.4) is 0 Å². The molecule has 2 aromatic carbocycles. The molecular weight excluding hydrogens is 606 g/mol. The van der Waals surface area contributed by atoms with E-state index in [-0.39, 0.29) is 54.8 Å². The third kappa shape index (κ3) is 6.04. The third-order valence-electron chi connectivity index (χ3n) is 7.37. The Labute approximate surface area is 251 Å². The lowest BCUT2D eigenvalue weighted by Crippen LogP contribution is -2.34. The fourth-order valence-electron chi connectivity index (χ4n) is 5.14. The lowest BCUT2D eigenvalue weighted by molar-refractivity contribution is 0.342. The number of alkyl halides is 1. The van der Waals surface area contributed by atoms with Gasteiger partial charge in [0, 0.05) is 25.4 Å². The first-order valence-electron chi connectivity index (χ1n) is 13.3. The summed E-state index contributed by atoms with van der Waals surface area (Å²) in [5.41, 5.74) is -0.715. The molecule has 2 saturated heterocycles. The van der Waals surface area contributed by atoms with Crippen LogP contribution in [0.2, 0.25) is 0 Å². The van der Waals surface area contributed by atoms with Crippen molar-refractivity contribution < 1.29 is 21.9 Å². The summed E-state index contributed by atoms with van der Waals surface area (Å²) < 4.78 is 66.0. The molecule has 0 aliphatic carbocycles. The zero-order valence-corrected chi connectivity index (χ0v) is 24.2. The van der Waals surface area contributed by atoms with Crippen LogP contribution >= 0.6 is 12.4 Å². The molecule has 2 fully saturated rings. The van der Waals surface area contributed by atoms with Crippen LogP contribution in [-0.4, -0.2) is 64.4 Å². The summed E-state index contributed by atoms with van der Waals surface area (Å²) in [5.74, 6) is -1.04. The molecule has 2 aromatic heterocycles. The molecule has 0 bridgehead atoms. The van der Waals surface area contributed by atoms with Gasteiger partial charge in [0.15, 0.2) is 17.4 Å². The largest absolute Gasteiger partial charge is 0.453 e. The zero-order valence-electron chi connectivity index (χ0n) is 22.6. The minimum Gasteiger partial charge on any atom is -0.453 e. The van der Waals surface area contributed by atoms with E-state index >= 15 is 0 Å². The quantitative estimate of drug-likeness (QED) is 0.315. The molecule has 2 aliphatic rings. The fourth-order valence-corrected chi connectivity index (χ4v) is 6.42. The molecule has 0 unspecified atom stereocenters. The van der Waals surface area contributed by atoms with Crippen molar-refractivity contribution in [2.75, 3.05) is 30.9 Å². The van der Waals surface area contributed by atoms with Gasteiger partial charge in [-0.05, 0) is 62.7 Å². The molecule has 0 amide bonds. The Morgan fingerprint density at radius 3 is 2.65 bits per heavy atom. The number of nitrogens with zero attached hydrogens (tertiary/aromatic N) is 6. The lowest BCUT2D eigenvalue weighted by Gasteiger charge is -2.22. The predicted molar refractivity (Wildman–Crippen MR) is 156 cm³/mol. The van der Waals surface area contributed by atoms with E-state index < -0.39 is 39.1 Å². The lowest BCUT2D eigenvalue weighted by atomic mass is 10.1. The highest BCUT2D eigenvalue weighted by molar-refractivity contribution is 7.90. The first kappa shape index (κ1) is 30.4. The van der Waals surface area contributed by atoms with E-state index in [1.807, 2.05) is 10.9 Å². The van der Waals surface area contributed by atoms with Gasteiger partial charge in [0.1, 0.15) is 29.9 Å². The monoisotopic (exact) mass is 632 g/mol. The number of nitriles is 1. The molecule has 43 heavy (non-hydrogen) atoms. The molecule has 1 atom stereocenters. The van der Waals surface area contributed by atoms with Gasteiger partial charge in [-0.2, -0.15) is 23.1 Å². The second kappa shape index (κ2) is 12.3. The van der Waals surface area contributed by atoms with E-state index in [2.05, 4.69) is 20.1 Å². The standard InChI is InChI=1S/C27H26F2N8O4S.ClH/c28-17-7-11-35(15-17)42(39,40)34-24-4-2-22(29)26(21(24)14-30)41-19-1-3-23-20(13-19)27(38)36(16-32-23)25-8-12-37(33-25)18-5-9-31-10-6-18;/h1-4,8,12-13,16-18,31,34H,5-7,9-11,15H2;1H/t17-;/m1./s1. The number of anilines is 1. The van der Waals surface area contributed by atoms with Gasteiger partial charge in [-0.3, -0.25) is 14.2 Å². The van der Waals surface area contributed by atoms with Crippen LogP contribution < -0.4 is 20.3 Å².